The van der Waals surface area contributed by atoms with Gasteiger partial charge in [0.1, 0.15) is 11.9 Å². The van der Waals surface area contributed by atoms with Gasteiger partial charge < -0.3 is 25.5 Å². The maximum atomic E-state index is 12.9. The highest BCUT2D eigenvalue weighted by Gasteiger charge is 2.32. The van der Waals surface area contributed by atoms with Crippen LogP contribution in [0.3, 0.4) is 0 Å². The number of hydrogen-bond donors (Lipinski definition) is 3. The number of ether oxygens (including phenoxy) is 1. The molecule has 1 heterocycles. The van der Waals surface area contributed by atoms with E-state index in [2.05, 4.69) is 10.7 Å². The number of amides is 4. The predicted octanol–water partition coefficient (Wildman–Crippen LogP) is 4.83. The van der Waals surface area contributed by atoms with Gasteiger partial charge in [0.2, 0.25) is 11.8 Å². The highest BCUT2D eigenvalue weighted by Crippen LogP contribution is 2.29. The number of nitrogens with one attached hydrogen (secondary N) is 2. The molecule has 11 nitrogen and oxygen atoms in total. The first-order valence-corrected chi connectivity index (χ1v) is 15.7. The van der Waals surface area contributed by atoms with Crippen molar-refractivity contribution in [1.29, 1.82) is 0 Å². The van der Waals surface area contributed by atoms with Crippen LogP contribution >= 0.6 is 0 Å². The van der Waals surface area contributed by atoms with E-state index in [0.717, 1.165) is 64.1 Å². The van der Waals surface area contributed by atoms with Crippen molar-refractivity contribution >= 4 is 35.8 Å². The molecule has 1 aliphatic carbocycles. The van der Waals surface area contributed by atoms with Crippen molar-refractivity contribution in [3.63, 3.8) is 0 Å². The smallest absolute Gasteiger partial charge is 0.410 e. The maximum Gasteiger partial charge on any atom is 0.410 e. The molecule has 1 aromatic carbocycles. The molecule has 1 aromatic rings. The van der Waals surface area contributed by atoms with E-state index in [1.54, 1.807) is 18.2 Å². The van der Waals surface area contributed by atoms with Crippen molar-refractivity contribution in [2.75, 3.05) is 11.9 Å². The highest BCUT2D eigenvalue weighted by molar-refractivity contribution is 6.02. The minimum absolute atomic E-state index is 0.121. The Morgan fingerprint density at radius 3 is 2.37 bits per heavy atom. The number of carbonyl (C=O) groups excluding carboxylic acids is 5. The molecule has 43 heavy (non-hydrogen) atoms. The lowest BCUT2D eigenvalue weighted by Gasteiger charge is -2.37. The Kier molecular flexibility index (Phi) is 13.0. The van der Waals surface area contributed by atoms with Crippen LogP contribution in [0.25, 0.3) is 0 Å². The molecule has 0 atom stereocenters. The van der Waals surface area contributed by atoms with E-state index in [-0.39, 0.29) is 48.9 Å². The minimum atomic E-state index is -0.538. The molecule has 1 saturated carbocycles. The third kappa shape index (κ3) is 10.9. The zero-order valence-corrected chi connectivity index (χ0v) is 26.0. The molecule has 4 N–H and O–H groups in total. The summed E-state index contributed by atoms with van der Waals surface area (Å²) < 4.78 is 5.69. The third-order valence-electron chi connectivity index (χ3n) is 7.84. The summed E-state index contributed by atoms with van der Waals surface area (Å²) in [5, 5.41) is 4.18. The molecule has 238 valence electrons. The van der Waals surface area contributed by atoms with E-state index in [9.17, 15) is 24.0 Å². The average Bonchev–Trinajstić information content (AvgIpc) is 3.25. The normalized spacial score (nSPS) is 18.1. The van der Waals surface area contributed by atoms with E-state index < -0.39 is 5.60 Å². The second kappa shape index (κ2) is 16.4. The van der Waals surface area contributed by atoms with Gasteiger partial charge in [-0.1, -0.05) is 25.3 Å². The average molecular weight is 600 g/mol. The molecule has 4 amide bonds. The fourth-order valence-electron chi connectivity index (χ4n) is 5.56. The largest absolute Gasteiger partial charge is 0.444 e. The number of nitrogens with zero attached hydrogens (tertiary/aromatic N) is 2. The Labute approximate surface area is 255 Å². The highest BCUT2D eigenvalue weighted by atomic mass is 16.6. The number of unbranched alkanes of at least 4 members (excludes halogenated alkanes) is 5. The SMILES string of the molecule is CC(C)(C)OC(=O)N(CCCCCCCC(=O)Nc1cccc2c1CN(NC(=O)CCCC=O)C2=O)C1CCC(N)CC1. The molecule has 0 spiro atoms. The Morgan fingerprint density at radius 2 is 1.67 bits per heavy atom. The number of anilines is 1. The zero-order chi connectivity index (χ0) is 31.4. The Bertz CT molecular complexity index is 1130. The van der Waals surface area contributed by atoms with E-state index in [0.29, 0.717) is 42.6 Å². The fourth-order valence-corrected chi connectivity index (χ4v) is 5.56. The molecule has 0 aromatic heterocycles. The molecule has 0 unspecified atom stereocenters. The van der Waals surface area contributed by atoms with Crippen molar-refractivity contribution in [1.82, 2.24) is 15.3 Å². The molecule has 0 bridgehead atoms. The van der Waals surface area contributed by atoms with Crippen molar-refractivity contribution in [3.8, 4) is 0 Å². The van der Waals surface area contributed by atoms with E-state index in [1.807, 2.05) is 25.7 Å². The van der Waals surface area contributed by atoms with Crippen LogP contribution in [0.5, 0.6) is 0 Å². The summed E-state index contributed by atoms with van der Waals surface area (Å²) in [6, 6.07) is 5.54. The minimum Gasteiger partial charge on any atom is -0.444 e. The molecule has 1 fully saturated rings. The molecule has 0 saturated heterocycles. The van der Waals surface area contributed by atoms with Crippen LogP contribution in [0.1, 0.15) is 120 Å². The van der Waals surface area contributed by atoms with Gasteiger partial charge in [-0.3, -0.25) is 19.8 Å². The first-order valence-electron chi connectivity index (χ1n) is 15.7. The number of nitrogens with two attached hydrogens (primary N) is 1. The zero-order valence-electron chi connectivity index (χ0n) is 26.0. The van der Waals surface area contributed by atoms with Gasteiger partial charge in [-0.05, 0) is 77.8 Å². The molecule has 11 heteroatoms. The van der Waals surface area contributed by atoms with Crippen molar-refractivity contribution in [2.24, 2.45) is 5.73 Å². The van der Waals surface area contributed by atoms with Gasteiger partial charge in [0.15, 0.2) is 0 Å². The number of hydrazine groups is 1. The number of benzene rings is 1. The molecule has 0 radical (unpaired) electrons. The second-order valence-corrected chi connectivity index (χ2v) is 12.6. The molecule has 1 aliphatic heterocycles. The lowest BCUT2D eigenvalue weighted by molar-refractivity contribution is -0.125. The molecule has 3 rings (SSSR count). The summed E-state index contributed by atoms with van der Waals surface area (Å²) in [4.78, 5) is 62.8. The van der Waals surface area contributed by atoms with Crippen LogP contribution in [-0.4, -0.2) is 64.2 Å². The van der Waals surface area contributed by atoms with E-state index >= 15 is 0 Å². The maximum absolute atomic E-state index is 12.9. The van der Waals surface area contributed by atoms with Gasteiger partial charge in [0, 0.05) is 54.7 Å². The van der Waals surface area contributed by atoms with Gasteiger partial charge in [0.25, 0.3) is 5.91 Å². The first-order chi connectivity index (χ1) is 20.5. The van der Waals surface area contributed by atoms with Gasteiger partial charge in [0.05, 0.1) is 6.54 Å². The quantitative estimate of drug-likeness (QED) is 0.193. The summed E-state index contributed by atoms with van der Waals surface area (Å²) in [5.74, 6) is -0.777. The van der Waals surface area contributed by atoms with Gasteiger partial charge in [-0.2, -0.15) is 0 Å². The molecular weight excluding hydrogens is 550 g/mol. The van der Waals surface area contributed by atoms with Gasteiger partial charge in [-0.15, -0.1) is 0 Å². The molecule has 2 aliphatic rings. The first kappa shape index (κ1) is 34.0. The van der Waals surface area contributed by atoms with Gasteiger partial charge in [-0.25, -0.2) is 9.80 Å². The Hall–Kier alpha value is -3.47. The lowest BCUT2D eigenvalue weighted by Crippen LogP contribution is -2.46. The van der Waals surface area contributed by atoms with Crippen LogP contribution in [0.2, 0.25) is 0 Å². The van der Waals surface area contributed by atoms with E-state index in [1.165, 1.54) is 5.01 Å². The number of hydrogen-bond acceptors (Lipinski definition) is 7. The summed E-state index contributed by atoms with van der Waals surface area (Å²) >= 11 is 0. The number of fused-ring (bicyclic) bond motifs is 1. The van der Waals surface area contributed by atoms with Crippen molar-refractivity contribution in [2.45, 2.75) is 128 Å². The number of carbonyl (C=O) groups is 5. The Morgan fingerprint density at radius 1 is 1.00 bits per heavy atom. The van der Waals surface area contributed by atoms with Crippen LogP contribution in [-0.2, 0) is 25.7 Å². The van der Waals surface area contributed by atoms with Crippen LogP contribution in [0, 0.1) is 0 Å². The monoisotopic (exact) mass is 599 g/mol. The van der Waals surface area contributed by atoms with Crippen LogP contribution in [0.15, 0.2) is 18.2 Å². The standard InChI is InChI=1S/C32H49N5O6/c1-32(2,3)43-31(42)36(24-18-16-23(33)17-19-24)20-9-6-4-5-7-14-28(39)34-27-13-11-12-25-26(27)22-37(30(25)41)35-29(40)15-8-10-21-38/h11-13,21,23-24H,4-10,14-20,22,33H2,1-3H3,(H,34,39)(H,35,40). The summed E-state index contributed by atoms with van der Waals surface area (Å²) in [6.07, 6.45) is 9.82. The van der Waals surface area contributed by atoms with E-state index in [4.69, 9.17) is 10.5 Å². The summed E-state index contributed by atoms with van der Waals surface area (Å²) in [7, 11) is 0. The topological polar surface area (TPSA) is 151 Å². The summed E-state index contributed by atoms with van der Waals surface area (Å²) in [5.41, 5.74) is 9.82. The van der Waals surface area contributed by atoms with Gasteiger partial charge >= 0.3 is 6.09 Å². The van der Waals surface area contributed by atoms with Crippen LogP contribution < -0.4 is 16.5 Å². The van der Waals surface area contributed by atoms with Crippen molar-refractivity contribution in [3.05, 3.63) is 29.3 Å². The summed E-state index contributed by atoms with van der Waals surface area (Å²) in [6.45, 7) is 6.48. The third-order valence-corrected chi connectivity index (χ3v) is 7.84. The Balaban J connectivity index is 1.39. The van der Waals surface area contributed by atoms with Crippen molar-refractivity contribution < 1.29 is 28.7 Å². The number of aldehydes is 1. The fraction of sp³-hybridized carbons (Fsp3) is 0.656. The molecular formula is C32H49N5O6. The van der Waals surface area contributed by atoms with Crippen LogP contribution in [0.4, 0.5) is 10.5 Å². The lowest BCUT2D eigenvalue weighted by atomic mass is 9.90. The second-order valence-electron chi connectivity index (χ2n) is 12.6. The predicted molar refractivity (Wildman–Crippen MR) is 164 cm³/mol. The number of rotatable bonds is 15.